The normalized spacial score (nSPS) is 24.8. The molecule has 21 heavy (non-hydrogen) atoms. The number of carbonyl (C=O) groups is 2. The van der Waals surface area contributed by atoms with Gasteiger partial charge in [0, 0.05) is 19.1 Å². The van der Waals surface area contributed by atoms with Gasteiger partial charge in [0.1, 0.15) is 0 Å². The van der Waals surface area contributed by atoms with Crippen molar-refractivity contribution in [2.75, 3.05) is 13.1 Å². The Morgan fingerprint density at radius 1 is 1.10 bits per heavy atom. The predicted molar refractivity (Wildman–Crippen MR) is 79.2 cm³/mol. The number of rotatable bonds is 3. The van der Waals surface area contributed by atoms with Crippen molar-refractivity contribution in [2.24, 2.45) is 5.73 Å². The maximum absolute atomic E-state index is 12.5. The molecule has 3 rings (SSSR count). The van der Waals surface area contributed by atoms with Crippen LogP contribution in [0.4, 0.5) is 0 Å². The predicted octanol–water partition coefficient (Wildman–Crippen LogP) is 0.737. The lowest BCUT2D eigenvalue weighted by molar-refractivity contribution is -0.140. The molecule has 0 bridgehead atoms. The van der Waals surface area contributed by atoms with Crippen molar-refractivity contribution in [1.82, 2.24) is 9.80 Å². The minimum atomic E-state index is -0.284. The fraction of sp³-hybridized carbons (Fsp3) is 0.500. The highest BCUT2D eigenvalue weighted by Crippen LogP contribution is 2.23. The fourth-order valence-corrected chi connectivity index (χ4v) is 3.11. The standard InChI is InChI=1S/C16H21N3O2/c17-13-6-8-18(9-7-13)14-10-15(20)19(16(14)21)11-12-4-2-1-3-5-12/h1-5,13-14H,6-11,17H2. The molecular weight excluding hydrogens is 266 g/mol. The van der Waals surface area contributed by atoms with E-state index in [2.05, 4.69) is 4.90 Å². The topological polar surface area (TPSA) is 66.6 Å². The third-order valence-electron chi connectivity index (χ3n) is 4.42. The number of imide groups is 1. The molecule has 2 aliphatic rings. The molecule has 0 radical (unpaired) electrons. The minimum Gasteiger partial charge on any atom is -0.328 e. The minimum absolute atomic E-state index is 0.0562. The van der Waals surface area contributed by atoms with Crippen LogP contribution in [0.1, 0.15) is 24.8 Å². The number of benzene rings is 1. The van der Waals surface area contributed by atoms with Gasteiger partial charge in [0.2, 0.25) is 11.8 Å². The highest BCUT2D eigenvalue weighted by Gasteiger charge is 2.42. The van der Waals surface area contributed by atoms with Gasteiger partial charge in [-0.1, -0.05) is 30.3 Å². The molecule has 1 aromatic carbocycles. The quantitative estimate of drug-likeness (QED) is 0.833. The SMILES string of the molecule is NC1CCN(C2CC(=O)N(Cc3ccccc3)C2=O)CC1. The number of nitrogens with zero attached hydrogens (tertiary/aromatic N) is 2. The van der Waals surface area contributed by atoms with Gasteiger partial charge in [-0.05, 0) is 18.4 Å². The van der Waals surface area contributed by atoms with E-state index >= 15 is 0 Å². The molecule has 2 saturated heterocycles. The van der Waals surface area contributed by atoms with Gasteiger partial charge >= 0.3 is 0 Å². The van der Waals surface area contributed by atoms with Crippen molar-refractivity contribution in [1.29, 1.82) is 0 Å². The Morgan fingerprint density at radius 3 is 2.43 bits per heavy atom. The Morgan fingerprint density at radius 2 is 1.76 bits per heavy atom. The monoisotopic (exact) mass is 287 g/mol. The zero-order chi connectivity index (χ0) is 14.8. The summed E-state index contributed by atoms with van der Waals surface area (Å²) in [5.41, 5.74) is 6.88. The molecule has 5 heteroatoms. The maximum Gasteiger partial charge on any atom is 0.247 e. The summed E-state index contributed by atoms with van der Waals surface area (Å²) in [5.74, 6) is -0.122. The molecule has 0 aromatic heterocycles. The van der Waals surface area contributed by atoms with E-state index in [1.165, 1.54) is 4.90 Å². The second-order valence-electron chi connectivity index (χ2n) is 5.90. The van der Waals surface area contributed by atoms with Crippen LogP contribution in [0.2, 0.25) is 0 Å². The molecule has 1 atom stereocenters. The van der Waals surface area contributed by atoms with E-state index in [9.17, 15) is 9.59 Å². The lowest BCUT2D eigenvalue weighted by Crippen LogP contribution is -2.48. The average molecular weight is 287 g/mol. The van der Waals surface area contributed by atoms with E-state index in [1.54, 1.807) is 0 Å². The van der Waals surface area contributed by atoms with Crippen LogP contribution in [0, 0.1) is 0 Å². The van der Waals surface area contributed by atoms with Crippen LogP contribution in [0.5, 0.6) is 0 Å². The van der Waals surface area contributed by atoms with Crippen LogP contribution in [-0.4, -0.2) is 46.8 Å². The number of carbonyl (C=O) groups excluding carboxylic acids is 2. The highest BCUT2D eigenvalue weighted by atomic mass is 16.2. The lowest BCUT2D eigenvalue weighted by Gasteiger charge is -2.33. The third kappa shape index (κ3) is 2.99. The fourth-order valence-electron chi connectivity index (χ4n) is 3.11. The molecule has 2 amide bonds. The van der Waals surface area contributed by atoms with Crippen molar-refractivity contribution < 1.29 is 9.59 Å². The molecule has 112 valence electrons. The van der Waals surface area contributed by atoms with Gasteiger partial charge in [-0.25, -0.2) is 0 Å². The summed E-state index contributed by atoms with van der Waals surface area (Å²) in [6.45, 7) is 2.00. The smallest absolute Gasteiger partial charge is 0.247 e. The van der Waals surface area contributed by atoms with E-state index in [0.717, 1.165) is 31.5 Å². The Labute approximate surface area is 124 Å². The summed E-state index contributed by atoms with van der Waals surface area (Å²) in [5, 5.41) is 0. The van der Waals surface area contributed by atoms with E-state index in [1.807, 2.05) is 30.3 Å². The lowest BCUT2D eigenvalue weighted by atomic mass is 10.0. The Kier molecular flexibility index (Phi) is 4.03. The summed E-state index contributed by atoms with van der Waals surface area (Å²) >= 11 is 0. The molecule has 2 fully saturated rings. The van der Waals surface area contributed by atoms with Crippen LogP contribution in [0.25, 0.3) is 0 Å². The first-order chi connectivity index (χ1) is 10.1. The molecule has 2 aliphatic heterocycles. The molecule has 0 saturated carbocycles. The highest BCUT2D eigenvalue weighted by molar-refractivity contribution is 6.05. The van der Waals surface area contributed by atoms with Crippen LogP contribution in [0.15, 0.2) is 30.3 Å². The maximum atomic E-state index is 12.5. The van der Waals surface area contributed by atoms with E-state index in [4.69, 9.17) is 5.73 Å². The number of likely N-dealkylation sites (tertiary alicyclic amines) is 2. The first-order valence-electron chi connectivity index (χ1n) is 7.53. The van der Waals surface area contributed by atoms with Crippen LogP contribution in [0.3, 0.4) is 0 Å². The van der Waals surface area contributed by atoms with Gasteiger partial charge < -0.3 is 5.73 Å². The molecule has 2 N–H and O–H groups in total. The van der Waals surface area contributed by atoms with E-state index < -0.39 is 0 Å². The molecule has 0 spiro atoms. The zero-order valence-electron chi connectivity index (χ0n) is 12.1. The van der Waals surface area contributed by atoms with E-state index in [-0.39, 0.29) is 23.9 Å². The Hall–Kier alpha value is -1.72. The molecule has 2 heterocycles. The van der Waals surface area contributed by atoms with Gasteiger partial charge in [-0.3, -0.25) is 19.4 Å². The van der Waals surface area contributed by atoms with Gasteiger partial charge in [0.15, 0.2) is 0 Å². The summed E-state index contributed by atoms with van der Waals surface area (Å²) in [7, 11) is 0. The van der Waals surface area contributed by atoms with Gasteiger partial charge in [-0.15, -0.1) is 0 Å². The van der Waals surface area contributed by atoms with Gasteiger partial charge in [0.05, 0.1) is 19.0 Å². The van der Waals surface area contributed by atoms with E-state index in [0.29, 0.717) is 13.0 Å². The summed E-state index contributed by atoms with van der Waals surface area (Å²) in [4.78, 5) is 28.2. The molecule has 0 aliphatic carbocycles. The number of piperidine rings is 1. The van der Waals surface area contributed by atoms with Crippen LogP contribution in [-0.2, 0) is 16.1 Å². The molecular formula is C16H21N3O2. The number of hydrogen-bond acceptors (Lipinski definition) is 4. The van der Waals surface area contributed by atoms with Crippen molar-refractivity contribution in [3.63, 3.8) is 0 Å². The number of amides is 2. The average Bonchev–Trinajstić information content (AvgIpc) is 2.77. The van der Waals surface area contributed by atoms with Crippen molar-refractivity contribution in [3.05, 3.63) is 35.9 Å². The molecule has 1 aromatic rings. The van der Waals surface area contributed by atoms with Crippen molar-refractivity contribution >= 4 is 11.8 Å². The molecule has 1 unspecified atom stereocenters. The third-order valence-corrected chi connectivity index (χ3v) is 4.42. The largest absolute Gasteiger partial charge is 0.328 e. The van der Waals surface area contributed by atoms with Gasteiger partial charge in [-0.2, -0.15) is 0 Å². The summed E-state index contributed by atoms with van der Waals surface area (Å²) < 4.78 is 0. The van der Waals surface area contributed by atoms with Gasteiger partial charge in [0.25, 0.3) is 0 Å². The van der Waals surface area contributed by atoms with Crippen LogP contribution < -0.4 is 5.73 Å². The summed E-state index contributed by atoms with van der Waals surface area (Å²) in [6.07, 6.45) is 2.11. The Balaban J connectivity index is 1.67. The van der Waals surface area contributed by atoms with Crippen molar-refractivity contribution in [3.8, 4) is 0 Å². The zero-order valence-corrected chi connectivity index (χ0v) is 12.1. The number of nitrogens with two attached hydrogens (primary N) is 1. The van der Waals surface area contributed by atoms with Crippen molar-refractivity contribution in [2.45, 2.75) is 37.9 Å². The molecule has 5 nitrogen and oxygen atoms in total. The first-order valence-corrected chi connectivity index (χ1v) is 7.53. The Bertz CT molecular complexity index is 524. The van der Waals surface area contributed by atoms with Crippen LogP contribution >= 0.6 is 0 Å². The number of hydrogen-bond donors (Lipinski definition) is 1. The second-order valence-corrected chi connectivity index (χ2v) is 5.90. The summed E-state index contributed by atoms with van der Waals surface area (Å²) in [6, 6.07) is 9.59. The first kappa shape index (κ1) is 14.2. The second kappa shape index (κ2) is 5.95.